The number of benzene rings is 4. The molecule has 0 unspecified atom stereocenters. The van der Waals surface area contributed by atoms with Gasteiger partial charge in [-0.3, -0.25) is 4.79 Å². The van der Waals surface area contributed by atoms with Crippen LogP contribution in [-0.2, 0) is 11.2 Å². The Morgan fingerprint density at radius 3 is 2.47 bits per heavy atom. The Morgan fingerprint density at radius 1 is 0.917 bits per heavy atom. The molecule has 0 aliphatic heterocycles. The number of carbonyl (C=O) groups excluding carboxylic acids is 2. The standard InChI is InChI=1S/C30H26N2O4/c1-3-8-23-10-5-7-12-27(23)35-20-29(33)32-31-19-26-25-11-6-4-9-22(25)17-18-28(26)36-30(34)24-15-13-21(2)14-16-24/h3-7,9-19H,1,8,20H2,2H3,(H,32,33). The van der Waals surface area contributed by atoms with E-state index in [0.717, 1.165) is 21.9 Å². The van der Waals surface area contributed by atoms with Gasteiger partial charge in [0, 0.05) is 5.56 Å². The fourth-order valence-corrected chi connectivity index (χ4v) is 3.66. The smallest absolute Gasteiger partial charge is 0.343 e. The summed E-state index contributed by atoms with van der Waals surface area (Å²) in [5, 5.41) is 5.88. The lowest BCUT2D eigenvalue weighted by Gasteiger charge is -2.11. The Morgan fingerprint density at radius 2 is 1.67 bits per heavy atom. The van der Waals surface area contributed by atoms with E-state index in [1.165, 1.54) is 6.21 Å². The van der Waals surface area contributed by atoms with Crippen molar-refractivity contribution in [3.8, 4) is 11.5 Å². The summed E-state index contributed by atoms with van der Waals surface area (Å²) < 4.78 is 11.4. The van der Waals surface area contributed by atoms with Gasteiger partial charge in [0.05, 0.1) is 11.8 Å². The quantitative estimate of drug-likeness (QED) is 0.111. The number of nitrogens with one attached hydrogen (secondary N) is 1. The minimum absolute atomic E-state index is 0.198. The molecule has 0 atom stereocenters. The molecule has 6 heteroatoms. The number of ether oxygens (including phenoxy) is 2. The topological polar surface area (TPSA) is 77.0 Å². The maximum atomic E-state index is 12.7. The van der Waals surface area contributed by atoms with Gasteiger partial charge in [-0.05, 0) is 53.9 Å². The molecule has 36 heavy (non-hydrogen) atoms. The number of amides is 1. The molecule has 0 aromatic heterocycles. The average Bonchev–Trinajstić information content (AvgIpc) is 2.89. The molecule has 6 nitrogen and oxygen atoms in total. The van der Waals surface area contributed by atoms with Crippen molar-refractivity contribution >= 4 is 28.9 Å². The van der Waals surface area contributed by atoms with Crippen LogP contribution in [0.1, 0.15) is 27.0 Å². The molecule has 0 fully saturated rings. The lowest BCUT2D eigenvalue weighted by Crippen LogP contribution is -2.25. The summed E-state index contributed by atoms with van der Waals surface area (Å²) in [6, 6.07) is 25.9. The molecule has 0 aliphatic carbocycles. The first-order valence-corrected chi connectivity index (χ1v) is 11.5. The molecule has 1 amide bonds. The molecule has 0 spiro atoms. The first kappa shape index (κ1) is 24.4. The van der Waals surface area contributed by atoms with Crippen LogP contribution in [0.25, 0.3) is 10.8 Å². The van der Waals surface area contributed by atoms with Gasteiger partial charge in [0.15, 0.2) is 6.61 Å². The molecular weight excluding hydrogens is 452 g/mol. The van der Waals surface area contributed by atoms with Crippen LogP contribution >= 0.6 is 0 Å². The highest BCUT2D eigenvalue weighted by Crippen LogP contribution is 2.27. The first-order chi connectivity index (χ1) is 17.5. The molecule has 0 radical (unpaired) electrons. The van der Waals surface area contributed by atoms with Gasteiger partial charge in [-0.25, -0.2) is 10.2 Å². The van der Waals surface area contributed by atoms with E-state index in [-0.39, 0.29) is 6.61 Å². The minimum Gasteiger partial charge on any atom is -0.483 e. The number of fused-ring (bicyclic) bond motifs is 1. The molecular formula is C30H26N2O4. The van der Waals surface area contributed by atoms with Crippen molar-refractivity contribution in [1.29, 1.82) is 0 Å². The second-order valence-electron chi connectivity index (χ2n) is 8.14. The van der Waals surface area contributed by atoms with Crippen LogP contribution in [0.15, 0.2) is 103 Å². The van der Waals surface area contributed by atoms with E-state index in [9.17, 15) is 9.59 Å². The highest BCUT2D eigenvalue weighted by Gasteiger charge is 2.14. The number of para-hydroxylation sites is 1. The number of carbonyl (C=O) groups is 2. The predicted octanol–water partition coefficient (Wildman–Crippen LogP) is 5.63. The van der Waals surface area contributed by atoms with Crippen molar-refractivity contribution in [2.24, 2.45) is 5.10 Å². The van der Waals surface area contributed by atoms with Crippen LogP contribution in [0.2, 0.25) is 0 Å². The zero-order valence-electron chi connectivity index (χ0n) is 19.9. The summed E-state index contributed by atoms with van der Waals surface area (Å²) >= 11 is 0. The number of aryl methyl sites for hydroxylation is 1. The zero-order chi connectivity index (χ0) is 25.3. The van der Waals surface area contributed by atoms with Gasteiger partial charge in [-0.15, -0.1) is 6.58 Å². The Hall–Kier alpha value is -4.71. The Bertz CT molecular complexity index is 1420. The summed E-state index contributed by atoms with van der Waals surface area (Å²) in [5.74, 6) is 0.0661. The molecule has 0 saturated carbocycles. The second-order valence-corrected chi connectivity index (χ2v) is 8.14. The number of hydrogen-bond acceptors (Lipinski definition) is 5. The Kier molecular flexibility index (Phi) is 7.88. The maximum Gasteiger partial charge on any atom is 0.343 e. The van der Waals surface area contributed by atoms with Gasteiger partial charge >= 0.3 is 5.97 Å². The van der Waals surface area contributed by atoms with E-state index in [1.54, 1.807) is 30.3 Å². The summed E-state index contributed by atoms with van der Waals surface area (Å²) in [5.41, 5.74) is 5.49. The van der Waals surface area contributed by atoms with E-state index < -0.39 is 11.9 Å². The van der Waals surface area contributed by atoms with Crippen LogP contribution < -0.4 is 14.9 Å². The summed E-state index contributed by atoms with van der Waals surface area (Å²) in [6.45, 7) is 5.50. The number of hydrazone groups is 1. The Balaban J connectivity index is 1.49. The Labute approximate surface area is 209 Å². The van der Waals surface area contributed by atoms with Crippen LogP contribution in [-0.4, -0.2) is 24.7 Å². The van der Waals surface area contributed by atoms with Crippen molar-refractivity contribution in [2.45, 2.75) is 13.3 Å². The highest BCUT2D eigenvalue weighted by atomic mass is 16.5. The van der Waals surface area contributed by atoms with E-state index >= 15 is 0 Å². The SMILES string of the molecule is C=CCc1ccccc1OCC(=O)NN=Cc1c(OC(=O)c2ccc(C)cc2)ccc2ccccc12. The fraction of sp³-hybridized carbons (Fsp3) is 0.100. The van der Waals surface area contributed by atoms with Gasteiger partial charge in [-0.2, -0.15) is 5.10 Å². The zero-order valence-corrected chi connectivity index (χ0v) is 19.9. The van der Waals surface area contributed by atoms with Crippen molar-refractivity contribution in [2.75, 3.05) is 6.61 Å². The van der Waals surface area contributed by atoms with Gasteiger partial charge in [0.25, 0.3) is 5.91 Å². The van der Waals surface area contributed by atoms with E-state index in [2.05, 4.69) is 17.1 Å². The molecule has 0 aliphatic rings. The molecule has 180 valence electrons. The summed E-state index contributed by atoms with van der Waals surface area (Å²) in [7, 11) is 0. The van der Waals surface area contributed by atoms with Crippen molar-refractivity contribution in [1.82, 2.24) is 5.43 Å². The van der Waals surface area contributed by atoms with Crippen LogP contribution in [0.5, 0.6) is 11.5 Å². The van der Waals surface area contributed by atoms with Gasteiger partial charge in [0.2, 0.25) is 0 Å². The molecule has 0 heterocycles. The lowest BCUT2D eigenvalue weighted by molar-refractivity contribution is -0.123. The third kappa shape index (κ3) is 6.04. The third-order valence-corrected chi connectivity index (χ3v) is 5.50. The highest BCUT2D eigenvalue weighted by molar-refractivity contribution is 6.04. The van der Waals surface area contributed by atoms with E-state index in [1.807, 2.05) is 67.6 Å². The molecule has 1 N–H and O–H groups in total. The number of nitrogens with zero attached hydrogens (tertiary/aromatic N) is 1. The third-order valence-electron chi connectivity index (χ3n) is 5.50. The molecule has 4 aromatic rings. The fourth-order valence-electron chi connectivity index (χ4n) is 3.66. The van der Waals surface area contributed by atoms with Crippen LogP contribution in [0.3, 0.4) is 0 Å². The minimum atomic E-state index is -0.476. The molecule has 0 bridgehead atoms. The van der Waals surface area contributed by atoms with Crippen molar-refractivity contribution < 1.29 is 19.1 Å². The number of rotatable bonds is 9. The number of hydrogen-bond donors (Lipinski definition) is 1. The second kappa shape index (κ2) is 11.6. The predicted molar refractivity (Wildman–Crippen MR) is 142 cm³/mol. The molecule has 4 aromatic carbocycles. The van der Waals surface area contributed by atoms with Gasteiger partial charge < -0.3 is 9.47 Å². The molecule has 4 rings (SSSR count). The monoisotopic (exact) mass is 478 g/mol. The van der Waals surface area contributed by atoms with Crippen LogP contribution in [0, 0.1) is 6.92 Å². The van der Waals surface area contributed by atoms with Gasteiger partial charge in [0.1, 0.15) is 11.5 Å². The number of allylic oxidation sites excluding steroid dienone is 1. The molecule has 0 saturated heterocycles. The van der Waals surface area contributed by atoms with E-state index in [4.69, 9.17) is 9.47 Å². The van der Waals surface area contributed by atoms with Gasteiger partial charge in [-0.1, -0.05) is 72.3 Å². The summed E-state index contributed by atoms with van der Waals surface area (Å²) in [6.07, 6.45) is 3.89. The largest absolute Gasteiger partial charge is 0.483 e. The first-order valence-electron chi connectivity index (χ1n) is 11.5. The normalized spacial score (nSPS) is 10.8. The van der Waals surface area contributed by atoms with Crippen molar-refractivity contribution in [3.05, 3.63) is 120 Å². The van der Waals surface area contributed by atoms with E-state index in [0.29, 0.717) is 29.0 Å². The lowest BCUT2D eigenvalue weighted by atomic mass is 10.0. The van der Waals surface area contributed by atoms with Crippen molar-refractivity contribution in [3.63, 3.8) is 0 Å². The maximum absolute atomic E-state index is 12.7. The van der Waals surface area contributed by atoms with Crippen LogP contribution in [0.4, 0.5) is 0 Å². The summed E-state index contributed by atoms with van der Waals surface area (Å²) in [4.78, 5) is 25.1. The number of esters is 1. The average molecular weight is 479 g/mol.